The lowest BCUT2D eigenvalue weighted by Crippen LogP contribution is -2.65. The summed E-state index contributed by atoms with van der Waals surface area (Å²) in [4.78, 5) is 0. The van der Waals surface area contributed by atoms with Crippen molar-refractivity contribution in [1.29, 1.82) is 0 Å². The molecule has 128 valence electrons. The van der Waals surface area contributed by atoms with Crippen LogP contribution >= 0.6 is 0 Å². The summed E-state index contributed by atoms with van der Waals surface area (Å²) in [5, 5.41) is 0. The molecule has 0 atom stereocenters. The fourth-order valence-electron chi connectivity index (χ4n) is 1.17. The maximum atomic E-state index is 13.1. The molecule has 2 nitrogen and oxygen atoms in total. The van der Waals surface area contributed by atoms with Gasteiger partial charge in [0.25, 0.3) is 6.33 Å². The van der Waals surface area contributed by atoms with Crippen molar-refractivity contribution < 1.29 is 57.3 Å². The summed E-state index contributed by atoms with van der Waals surface area (Å²) in [7, 11) is 0. The van der Waals surface area contributed by atoms with E-state index in [1.54, 1.807) is 0 Å². The largest absolute Gasteiger partial charge is 0.500 e. The van der Waals surface area contributed by atoms with Gasteiger partial charge in [-0.05, 0) is 0 Å². The van der Waals surface area contributed by atoms with Crippen molar-refractivity contribution in [1.82, 2.24) is 4.57 Å². The Balaban J connectivity index is 3.33. The molecule has 0 radical (unpaired) electrons. The second-order valence-corrected chi connectivity index (χ2v) is 3.88. The molecule has 1 aromatic rings. The highest BCUT2D eigenvalue weighted by molar-refractivity contribution is 4.84. The molecule has 0 aliphatic carbocycles. The summed E-state index contributed by atoms with van der Waals surface area (Å²) in [6.45, 7) is 0. The molecule has 14 heteroatoms. The number of nitrogens with zero attached hydrogens (tertiary/aromatic N) is 2. The third-order valence-electron chi connectivity index (χ3n) is 2.36. The van der Waals surface area contributed by atoms with Crippen molar-refractivity contribution in [2.24, 2.45) is 0 Å². The van der Waals surface area contributed by atoms with Gasteiger partial charge in [-0.2, -0.15) is 61.8 Å². The van der Waals surface area contributed by atoms with Crippen LogP contribution in [0.15, 0.2) is 18.7 Å². The molecule has 0 bridgehead atoms. The number of halogens is 12. The maximum absolute atomic E-state index is 13.1. The Hall–Kier alpha value is -1.63. The molecule has 0 aliphatic heterocycles. The topological polar surface area (TPSA) is 8.81 Å². The Bertz CT molecular complexity index is 536. The first kappa shape index (κ1) is 18.4. The molecule has 0 saturated heterocycles. The van der Waals surface area contributed by atoms with E-state index in [-0.39, 0.29) is 0 Å². The lowest BCUT2D eigenvalue weighted by atomic mass is 10.2. The molecular formula is C8H3F12N2+. The number of alkyl halides is 12. The van der Waals surface area contributed by atoms with Gasteiger partial charge < -0.3 is 0 Å². The highest BCUT2D eigenvalue weighted by atomic mass is 19.4. The van der Waals surface area contributed by atoms with Crippen LogP contribution in [0.25, 0.3) is 0 Å². The van der Waals surface area contributed by atoms with E-state index in [0.29, 0.717) is 0 Å². The highest BCUT2D eigenvalue weighted by Gasteiger charge is 2.77. The predicted octanol–water partition coefficient (Wildman–Crippen LogP) is 3.63. The summed E-state index contributed by atoms with van der Waals surface area (Å²) in [6, 6.07) is -11.9. The van der Waals surface area contributed by atoms with Crippen molar-refractivity contribution >= 4 is 0 Å². The first-order valence-corrected chi connectivity index (χ1v) is 4.83. The van der Waals surface area contributed by atoms with Gasteiger partial charge in [-0.15, -0.1) is 0 Å². The molecule has 0 aromatic carbocycles. The standard InChI is InChI=1S/C8H3F12N2/c9-4(10,5(11,12)13)7(17,18)21-1-2-22(3-21)8(19,20)6(14,15)16/h1-3H/q+1. The Morgan fingerprint density at radius 2 is 1.14 bits per heavy atom. The minimum atomic E-state index is -6.77. The van der Waals surface area contributed by atoms with Gasteiger partial charge in [0.05, 0.1) is 0 Å². The zero-order valence-corrected chi connectivity index (χ0v) is 9.66. The molecule has 0 aliphatic rings. The van der Waals surface area contributed by atoms with E-state index in [1.807, 2.05) is 0 Å². The summed E-state index contributed by atoms with van der Waals surface area (Å²) in [6.07, 6.45) is -14.9. The monoisotopic (exact) mass is 355 g/mol. The molecule has 0 spiro atoms. The molecule has 22 heavy (non-hydrogen) atoms. The van der Waals surface area contributed by atoms with Gasteiger partial charge in [-0.1, -0.05) is 0 Å². The molecule has 1 aromatic heterocycles. The Labute approximate surface area is 112 Å². The van der Waals surface area contributed by atoms with E-state index >= 15 is 0 Å². The Morgan fingerprint density at radius 3 is 1.50 bits per heavy atom. The average Bonchev–Trinajstić information content (AvgIpc) is 2.75. The highest BCUT2D eigenvalue weighted by Crippen LogP contribution is 2.47. The predicted molar refractivity (Wildman–Crippen MR) is 42.1 cm³/mol. The number of rotatable bonds is 3. The van der Waals surface area contributed by atoms with E-state index in [2.05, 4.69) is 0 Å². The third-order valence-corrected chi connectivity index (χ3v) is 2.36. The van der Waals surface area contributed by atoms with Gasteiger partial charge in [-0.3, -0.25) is 0 Å². The summed E-state index contributed by atoms with van der Waals surface area (Å²) >= 11 is 0. The second kappa shape index (κ2) is 4.68. The maximum Gasteiger partial charge on any atom is 0.500 e. The van der Waals surface area contributed by atoms with Crippen molar-refractivity contribution in [2.45, 2.75) is 30.4 Å². The van der Waals surface area contributed by atoms with Crippen LogP contribution in [0.2, 0.25) is 0 Å². The molecule has 0 saturated carbocycles. The first-order chi connectivity index (χ1) is 9.46. The first-order valence-electron chi connectivity index (χ1n) is 4.83. The number of hydrogen-bond donors (Lipinski definition) is 0. The van der Waals surface area contributed by atoms with Gasteiger partial charge >= 0.3 is 30.4 Å². The van der Waals surface area contributed by atoms with Gasteiger partial charge in [0.15, 0.2) is 0 Å². The zero-order chi connectivity index (χ0) is 17.8. The quantitative estimate of drug-likeness (QED) is 0.579. The zero-order valence-electron chi connectivity index (χ0n) is 9.66. The molecule has 0 fully saturated rings. The lowest BCUT2D eigenvalue weighted by Gasteiger charge is -2.24. The SMILES string of the molecule is FC(F)(F)C(F)(F)n1cc[n+](C(F)(F)C(F)(F)C(F)(F)F)c1. The van der Waals surface area contributed by atoms with Crippen LogP contribution in [-0.2, 0) is 12.1 Å². The molecular weight excluding hydrogens is 352 g/mol. The number of hydrogen-bond acceptors (Lipinski definition) is 0. The van der Waals surface area contributed by atoms with Gasteiger partial charge in [0.1, 0.15) is 12.4 Å². The third kappa shape index (κ3) is 2.58. The normalized spacial score (nSPS) is 15.3. The second-order valence-electron chi connectivity index (χ2n) is 3.88. The van der Waals surface area contributed by atoms with Crippen LogP contribution in [-0.4, -0.2) is 22.8 Å². The van der Waals surface area contributed by atoms with Crippen molar-refractivity contribution in [3.05, 3.63) is 18.7 Å². The van der Waals surface area contributed by atoms with E-state index in [1.165, 1.54) is 0 Å². The van der Waals surface area contributed by atoms with Gasteiger partial charge in [0.2, 0.25) is 0 Å². The Kier molecular flexibility index (Phi) is 3.92. The number of aromatic nitrogens is 2. The average molecular weight is 355 g/mol. The minimum absolute atomic E-state index is 0.423. The van der Waals surface area contributed by atoms with E-state index < -0.39 is 58.2 Å². The fraction of sp³-hybridized carbons (Fsp3) is 0.625. The van der Waals surface area contributed by atoms with Crippen molar-refractivity contribution in [3.8, 4) is 0 Å². The molecule has 1 rings (SSSR count). The van der Waals surface area contributed by atoms with E-state index in [4.69, 9.17) is 0 Å². The fourth-order valence-corrected chi connectivity index (χ4v) is 1.17. The molecule has 1 heterocycles. The van der Waals surface area contributed by atoms with Crippen LogP contribution in [0, 0.1) is 0 Å². The van der Waals surface area contributed by atoms with E-state index in [0.717, 1.165) is 0 Å². The lowest BCUT2D eigenvalue weighted by molar-refractivity contribution is -0.850. The summed E-state index contributed by atoms with van der Waals surface area (Å²) in [5.74, 6) is -6.70. The van der Waals surface area contributed by atoms with Crippen LogP contribution in [0.4, 0.5) is 52.7 Å². The smallest absolute Gasteiger partial charge is 0.185 e. The van der Waals surface area contributed by atoms with Crippen LogP contribution in [0.1, 0.15) is 0 Å². The molecule has 0 unspecified atom stereocenters. The van der Waals surface area contributed by atoms with Gasteiger partial charge in [-0.25, -0.2) is 0 Å². The van der Waals surface area contributed by atoms with Crippen LogP contribution < -0.4 is 4.57 Å². The summed E-state index contributed by atoms with van der Waals surface area (Å²) < 4.78 is 146. The van der Waals surface area contributed by atoms with Crippen LogP contribution in [0.3, 0.4) is 0 Å². The summed E-state index contributed by atoms with van der Waals surface area (Å²) in [5.41, 5.74) is 0. The number of imidazole rings is 1. The van der Waals surface area contributed by atoms with Gasteiger partial charge in [0, 0.05) is 0 Å². The molecule has 0 N–H and O–H groups in total. The minimum Gasteiger partial charge on any atom is -0.185 e. The van der Waals surface area contributed by atoms with Crippen LogP contribution in [0.5, 0.6) is 0 Å². The Morgan fingerprint density at radius 1 is 0.682 bits per heavy atom. The van der Waals surface area contributed by atoms with Crippen molar-refractivity contribution in [2.75, 3.05) is 0 Å². The van der Waals surface area contributed by atoms with E-state index in [9.17, 15) is 52.7 Å². The van der Waals surface area contributed by atoms with Crippen molar-refractivity contribution in [3.63, 3.8) is 0 Å². The molecule has 0 amide bonds.